The molecule has 1 saturated heterocycles. The summed E-state index contributed by atoms with van der Waals surface area (Å²) < 4.78 is 7.57. The number of nitriles is 1. The lowest BCUT2D eigenvalue weighted by molar-refractivity contribution is -0.138. The molecule has 5 atom stereocenters. The number of aliphatic hydroxyl groups excluding tert-OH is 2. The van der Waals surface area contributed by atoms with Crippen LogP contribution in [0.3, 0.4) is 0 Å². The summed E-state index contributed by atoms with van der Waals surface area (Å²) in [7, 11) is 0. The Morgan fingerprint density at radius 2 is 1.95 bits per heavy atom. The Morgan fingerprint density at radius 3 is 2.65 bits per heavy atom. The Balaban J connectivity index is 1.43. The predicted molar refractivity (Wildman–Crippen MR) is 132 cm³/mol. The molecular formula is C24H30N8O5. The Morgan fingerprint density at radius 1 is 1.19 bits per heavy atom. The number of nitrogen functional groups attached to an aromatic ring is 1. The van der Waals surface area contributed by atoms with Gasteiger partial charge in [0.05, 0.1) is 18.0 Å². The molecule has 4 rings (SSSR count). The first kappa shape index (κ1) is 26.4. The van der Waals surface area contributed by atoms with Crippen LogP contribution in [0.15, 0.2) is 36.9 Å². The lowest BCUT2D eigenvalue weighted by atomic mass is 10.1. The molecule has 3 heterocycles. The van der Waals surface area contributed by atoms with E-state index in [4.69, 9.17) is 21.5 Å². The van der Waals surface area contributed by atoms with Gasteiger partial charge in [0.2, 0.25) is 0 Å². The molecule has 1 aliphatic heterocycles. The van der Waals surface area contributed by atoms with Crippen LogP contribution in [0.4, 0.5) is 5.82 Å². The topological polar surface area (TPSA) is 210 Å². The van der Waals surface area contributed by atoms with E-state index in [2.05, 4.69) is 21.0 Å². The van der Waals surface area contributed by atoms with Crippen molar-refractivity contribution in [3.8, 4) is 6.07 Å². The second-order valence-corrected chi connectivity index (χ2v) is 9.08. The van der Waals surface area contributed by atoms with Gasteiger partial charge in [-0.3, -0.25) is 9.36 Å². The van der Waals surface area contributed by atoms with Crippen molar-refractivity contribution >= 4 is 23.0 Å². The van der Waals surface area contributed by atoms with Crippen molar-refractivity contribution in [2.24, 2.45) is 5.73 Å². The number of aromatic nitrogens is 4. The molecule has 1 fully saturated rings. The number of aliphatic hydroxyl groups is 2. The zero-order valence-electron chi connectivity index (χ0n) is 20.1. The second kappa shape index (κ2) is 11.6. The Bertz CT molecular complexity index is 1260. The highest BCUT2D eigenvalue weighted by molar-refractivity contribution is 5.81. The van der Waals surface area contributed by atoms with Gasteiger partial charge >= 0.3 is 5.97 Å². The third-order valence-corrected chi connectivity index (χ3v) is 6.53. The van der Waals surface area contributed by atoms with E-state index in [1.54, 1.807) is 12.1 Å². The molecule has 3 aromatic rings. The minimum absolute atomic E-state index is 0.191. The molecule has 0 amide bonds. The fourth-order valence-electron chi connectivity index (χ4n) is 4.41. The van der Waals surface area contributed by atoms with E-state index < -0.39 is 36.6 Å². The molecule has 13 nitrogen and oxygen atoms in total. The molecule has 1 aliphatic rings. The van der Waals surface area contributed by atoms with Crippen LogP contribution >= 0.6 is 0 Å². The molecule has 7 N–H and O–H groups in total. The van der Waals surface area contributed by atoms with E-state index >= 15 is 0 Å². The van der Waals surface area contributed by atoms with Crippen molar-refractivity contribution in [1.82, 2.24) is 24.4 Å². The van der Waals surface area contributed by atoms with Crippen LogP contribution in [0.2, 0.25) is 0 Å². The largest absolute Gasteiger partial charge is 0.480 e. The number of fused-ring (bicyclic) bond motifs is 1. The van der Waals surface area contributed by atoms with E-state index in [0.717, 1.165) is 18.4 Å². The van der Waals surface area contributed by atoms with Gasteiger partial charge in [-0.2, -0.15) is 5.26 Å². The lowest BCUT2D eigenvalue weighted by Gasteiger charge is -2.27. The van der Waals surface area contributed by atoms with Crippen LogP contribution in [0, 0.1) is 11.3 Å². The number of nitrogens with two attached hydrogens (primary N) is 2. The van der Waals surface area contributed by atoms with Gasteiger partial charge in [-0.25, -0.2) is 15.0 Å². The highest BCUT2D eigenvalue weighted by Gasteiger charge is 2.44. The van der Waals surface area contributed by atoms with E-state index in [1.165, 1.54) is 17.2 Å². The number of carboxylic acid groups (broad SMARTS) is 1. The number of carbonyl (C=O) groups is 1. The van der Waals surface area contributed by atoms with Gasteiger partial charge in [-0.05, 0) is 43.5 Å². The van der Waals surface area contributed by atoms with Gasteiger partial charge in [-0.1, -0.05) is 12.1 Å². The normalized spacial score (nSPS) is 22.4. The summed E-state index contributed by atoms with van der Waals surface area (Å²) in [5.74, 6) is -0.894. The zero-order valence-corrected chi connectivity index (χ0v) is 20.1. The number of imidazole rings is 1. The first-order valence-electron chi connectivity index (χ1n) is 11.9. The molecule has 196 valence electrons. The molecular weight excluding hydrogens is 480 g/mol. The molecule has 1 aromatic carbocycles. The van der Waals surface area contributed by atoms with Crippen molar-refractivity contribution in [1.29, 1.82) is 5.26 Å². The predicted octanol–water partition coefficient (Wildman–Crippen LogP) is -0.364. The number of nitrogens with zero attached hydrogens (tertiary/aromatic N) is 6. The number of rotatable bonds is 11. The van der Waals surface area contributed by atoms with Crippen LogP contribution < -0.4 is 11.5 Å². The quantitative estimate of drug-likeness (QED) is 0.224. The molecule has 13 heteroatoms. The Hall–Kier alpha value is -3.67. The van der Waals surface area contributed by atoms with Crippen LogP contribution in [-0.2, 0) is 16.0 Å². The second-order valence-electron chi connectivity index (χ2n) is 9.08. The van der Waals surface area contributed by atoms with Gasteiger partial charge in [0.15, 0.2) is 17.7 Å². The molecule has 0 unspecified atom stereocenters. The minimum Gasteiger partial charge on any atom is -0.480 e. The molecule has 37 heavy (non-hydrogen) atoms. The van der Waals surface area contributed by atoms with Crippen LogP contribution in [0.5, 0.6) is 0 Å². The molecule has 0 aliphatic carbocycles. The maximum absolute atomic E-state index is 11.2. The third-order valence-electron chi connectivity index (χ3n) is 6.53. The lowest BCUT2D eigenvalue weighted by Crippen LogP contribution is -2.43. The minimum atomic E-state index is -1.25. The number of benzene rings is 1. The molecule has 0 spiro atoms. The summed E-state index contributed by atoms with van der Waals surface area (Å²) in [6.07, 6.45) is 0.264. The van der Waals surface area contributed by atoms with Gasteiger partial charge in [0, 0.05) is 13.1 Å². The first-order chi connectivity index (χ1) is 17.8. The molecule has 0 radical (unpaired) electrons. The van der Waals surface area contributed by atoms with Crippen molar-refractivity contribution in [2.45, 2.75) is 49.8 Å². The summed E-state index contributed by atoms with van der Waals surface area (Å²) in [6, 6.07) is 8.41. The summed E-state index contributed by atoms with van der Waals surface area (Å²) in [6.45, 7) is 1.20. The maximum atomic E-state index is 11.2. The summed E-state index contributed by atoms with van der Waals surface area (Å²) in [5.41, 5.74) is 14.0. The fraction of sp³-hybridized carbons (Fsp3) is 0.458. The number of aryl methyl sites for hydroxylation is 1. The van der Waals surface area contributed by atoms with Gasteiger partial charge in [0.1, 0.15) is 36.2 Å². The number of carboxylic acids is 1. The Kier molecular flexibility index (Phi) is 8.27. The van der Waals surface area contributed by atoms with Crippen molar-refractivity contribution in [3.63, 3.8) is 0 Å². The average molecular weight is 511 g/mol. The summed E-state index contributed by atoms with van der Waals surface area (Å²) in [5, 5.41) is 39.7. The van der Waals surface area contributed by atoms with Gasteiger partial charge in [0.25, 0.3) is 0 Å². The monoisotopic (exact) mass is 510 g/mol. The van der Waals surface area contributed by atoms with E-state index in [-0.39, 0.29) is 18.8 Å². The third kappa shape index (κ3) is 6.01. The molecule has 2 aromatic heterocycles. The summed E-state index contributed by atoms with van der Waals surface area (Å²) in [4.78, 5) is 25.5. The van der Waals surface area contributed by atoms with Crippen molar-refractivity contribution in [3.05, 3.63) is 48.0 Å². The van der Waals surface area contributed by atoms with Gasteiger partial charge < -0.3 is 36.4 Å². The van der Waals surface area contributed by atoms with Crippen LogP contribution in [0.25, 0.3) is 11.2 Å². The van der Waals surface area contributed by atoms with Gasteiger partial charge in [-0.15, -0.1) is 0 Å². The number of hydrogen-bond acceptors (Lipinski definition) is 11. The van der Waals surface area contributed by atoms with Crippen LogP contribution in [0.1, 0.15) is 30.2 Å². The van der Waals surface area contributed by atoms with E-state index in [9.17, 15) is 20.1 Å². The van der Waals surface area contributed by atoms with Crippen molar-refractivity contribution < 1.29 is 24.9 Å². The standard InChI is InChI=1S/C24H30N8O5/c25-10-15-5-3-14(4-6-15)2-1-8-31(9-7-16(26)24(35)36)11-17-19(33)20(34)23(37-17)32-13-30-18-21(27)28-12-29-22(18)32/h3-6,12-13,16-17,19-20,23,33-34H,1-2,7-9,11,26H2,(H,35,36)(H2,27,28,29)/t16-,17+,19+,20+,23+/m0/s1. The highest BCUT2D eigenvalue weighted by Crippen LogP contribution is 2.32. The van der Waals surface area contributed by atoms with E-state index in [1.807, 2.05) is 17.0 Å². The Labute approximate surface area is 212 Å². The SMILES string of the molecule is N#Cc1ccc(CCCN(CC[C@H](N)C(=O)O)C[C@H]2O[C@@H](n3cnc4c(N)ncnc43)[C@H](O)[C@@H]2O)cc1. The molecule has 0 saturated carbocycles. The number of ether oxygens (including phenoxy) is 1. The zero-order chi connectivity index (χ0) is 26.5. The number of hydrogen-bond donors (Lipinski definition) is 5. The smallest absolute Gasteiger partial charge is 0.320 e. The van der Waals surface area contributed by atoms with Crippen molar-refractivity contribution in [2.75, 3.05) is 25.4 Å². The maximum Gasteiger partial charge on any atom is 0.320 e. The average Bonchev–Trinajstić information content (AvgIpc) is 3.44. The number of aliphatic carboxylic acids is 1. The fourth-order valence-corrected chi connectivity index (χ4v) is 4.41. The first-order valence-corrected chi connectivity index (χ1v) is 11.9. The van der Waals surface area contributed by atoms with E-state index in [0.29, 0.717) is 29.8 Å². The summed E-state index contributed by atoms with van der Waals surface area (Å²) >= 11 is 0. The number of anilines is 1. The highest BCUT2D eigenvalue weighted by atomic mass is 16.6. The van der Waals surface area contributed by atoms with Crippen LogP contribution in [-0.4, -0.2) is 89.7 Å². The molecule has 0 bridgehead atoms.